The summed E-state index contributed by atoms with van der Waals surface area (Å²) < 4.78 is 54.1. The van der Waals surface area contributed by atoms with Crippen molar-refractivity contribution < 1.29 is 16.8 Å². The molecular weight excluding hydrogens is 336 g/mol. The first-order valence-electron chi connectivity index (χ1n) is 7.84. The molecule has 0 aliphatic heterocycles. The summed E-state index contributed by atoms with van der Waals surface area (Å²) in [7, 11) is -7.41. The van der Waals surface area contributed by atoms with Gasteiger partial charge >= 0.3 is 0 Å². The van der Waals surface area contributed by atoms with E-state index in [4.69, 9.17) is 0 Å². The van der Waals surface area contributed by atoms with Crippen molar-refractivity contribution in [2.45, 2.75) is 56.2 Å². The molecule has 132 valence electrons. The van der Waals surface area contributed by atoms with Crippen molar-refractivity contribution in [2.24, 2.45) is 0 Å². The Balaban J connectivity index is 3.08. The van der Waals surface area contributed by atoms with Crippen molar-refractivity contribution in [3.8, 4) is 0 Å². The Labute approximate surface area is 139 Å². The van der Waals surface area contributed by atoms with Crippen LogP contribution < -0.4 is 9.44 Å². The molecule has 0 aromatic heterocycles. The minimum atomic E-state index is -3.71. The predicted molar refractivity (Wildman–Crippen MR) is 91.4 cm³/mol. The van der Waals surface area contributed by atoms with Gasteiger partial charge in [-0.15, -0.1) is 0 Å². The van der Waals surface area contributed by atoms with Crippen LogP contribution in [-0.2, 0) is 20.0 Å². The van der Waals surface area contributed by atoms with Crippen LogP contribution >= 0.6 is 0 Å². The number of aryl methyl sites for hydroxylation is 1. The Morgan fingerprint density at radius 3 is 1.91 bits per heavy atom. The number of benzene rings is 1. The summed E-state index contributed by atoms with van der Waals surface area (Å²) in [6.07, 6.45) is 3.21. The Kier molecular flexibility index (Phi) is 7.66. The Hall–Kier alpha value is -0.960. The van der Waals surface area contributed by atoms with Gasteiger partial charge in [0.05, 0.1) is 9.79 Å². The SMILES string of the molecule is CCCCNS(=O)(=O)c1ccc(C)c(S(=O)(=O)NCCCC)c1. The van der Waals surface area contributed by atoms with Gasteiger partial charge in [-0.25, -0.2) is 26.3 Å². The molecule has 23 heavy (non-hydrogen) atoms. The zero-order valence-corrected chi connectivity index (χ0v) is 15.6. The fourth-order valence-corrected chi connectivity index (χ4v) is 4.48. The van der Waals surface area contributed by atoms with Crippen molar-refractivity contribution in [1.82, 2.24) is 9.44 Å². The third-order valence-electron chi connectivity index (χ3n) is 3.40. The van der Waals surface area contributed by atoms with Crippen LogP contribution in [0.3, 0.4) is 0 Å². The fourth-order valence-electron chi connectivity index (χ4n) is 1.96. The fraction of sp³-hybridized carbons (Fsp3) is 0.600. The molecule has 0 fully saturated rings. The van der Waals surface area contributed by atoms with Gasteiger partial charge < -0.3 is 0 Å². The summed E-state index contributed by atoms with van der Waals surface area (Å²) in [5, 5.41) is 0. The number of rotatable bonds is 10. The first-order chi connectivity index (χ1) is 10.7. The molecule has 0 saturated heterocycles. The zero-order chi connectivity index (χ0) is 17.5. The number of nitrogens with one attached hydrogen (secondary N) is 2. The first-order valence-corrected chi connectivity index (χ1v) is 10.8. The van der Waals surface area contributed by atoms with E-state index in [0.29, 0.717) is 18.7 Å². The van der Waals surface area contributed by atoms with E-state index in [1.54, 1.807) is 6.92 Å². The molecule has 6 nitrogen and oxygen atoms in total. The summed E-state index contributed by atoms with van der Waals surface area (Å²) in [5.74, 6) is 0. The van der Waals surface area contributed by atoms with E-state index in [1.165, 1.54) is 18.2 Å². The Morgan fingerprint density at radius 2 is 1.39 bits per heavy atom. The van der Waals surface area contributed by atoms with E-state index in [9.17, 15) is 16.8 Å². The van der Waals surface area contributed by atoms with Crippen LogP contribution in [0.2, 0.25) is 0 Å². The number of sulfonamides is 2. The minimum Gasteiger partial charge on any atom is -0.211 e. The number of unbranched alkanes of at least 4 members (excludes halogenated alkanes) is 2. The lowest BCUT2D eigenvalue weighted by molar-refractivity contribution is 0.575. The molecule has 1 aromatic rings. The topological polar surface area (TPSA) is 92.3 Å². The van der Waals surface area contributed by atoms with Crippen molar-refractivity contribution in [3.05, 3.63) is 23.8 Å². The lowest BCUT2D eigenvalue weighted by Crippen LogP contribution is -2.27. The smallest absolute Gasteiger partial charge is 0.211 e. The second-order valence-corrected chi connectivity index (χ2v) is 8.93. The molecule has 0 atom stereocenters. The largest absolute Gasteiger partial charge is 0.240 e. The van der Waals surface area contributed by atoms with Gasteiger partial charge in [-0.1, -0.05) is 32.8 Å². The summed E-state index contributed by atoms with van der Waals surface area (Å²) in [5.41, 5.74) is 0.515. The summed E-state index contributed by atoms with van der Waals surface area (Å²) >= 11 is 0. The quantitative estimate of drug-likeness (QED) is 0.624. The van der Waals surface area contributed by atoms with Gasteiger partial charge in [0.1, 0.15) is 0 Å². The lowest BCUT2D eigenvalue weighted by atomic mass is 10.2. The van der Waals surface area contributed by atoms with Gasteiger partial charge in [-0.3, -0.25) is 0 Å². The summed E-state index contributed by atoms with van der Waals surface area (Å²) in [6, 6.07) is 4.16. The molecule has 2 N–H and O–H groups in total. The monoisotopic (exact) mass is 362 g/mol. The number of hydrogen-bond acceptors (Lipinski definition) is 4. The molecule has 8 heteroatoms. The van der Waals surface area contributed by atoms with Crippen LogP contribution in [0, 0.1) is 6.92 Å². The highest BCUT2D eigenvalue weighted by atomic mass is 32.2. The summed E-state index contributed by atoms with van der Waals surface area (Å²) in [6.45, 7) is 6.25. The third kappa shape index (κ3) is 5.87. The maximum absolute atomic E-state index is 12.3. The van der Waals surface area contributed by atoms with Gasteiger partial charge in [0.15, 0.2) is 0 Å². The molecule has 1 rings (SSSR count). The van der Waals surface area contributed by atoms with Gasteiger partial charge in [0, 0.05) is 13.1 Å². The van der Waals surface area contributed by atoms with Crippen molar-refractivity contribution in [2.75, 3.05) is 13.1 Å². The molecule has 0 unspecified atom stereocenters. The Morgan fingerprint density at radius 1 is 0.870 bits per heavy atom. The summed E-state index contributed by atoms with van der Waals surface area (Å²) in [4.78, 5) is -0.0259. The van der Waals surface area contributed by atoms with Crippen molar-refractivity contribution in [3.63, 3.8) is 0 Å². The van der Waals surface area contributed by atoms with E-state index in [-0.39, 0.29) is 9.79 Å². The molecule has 0 bridgehead atoms. The molecule has 0 heterocycles. The van der Waals surface area contributed by atoms with Gasteiger partial charge in [-0.2, -0.15) is 0 Å². The highest BCUT2D eigenvalue weighted by Crippen LogP contribution is 2.20. The molecule has 0 aliphatic carbocycles. The molecule has 0 amide bonds. The van der Waals surface area contributed by atoms with Crippen LogP contribution in [0.1, 0.15) is 45.1 Å². The van der Waals surface area contributed by atoms with E-state index in [2.05, 4.69) is 9.44 Å². The predicted octanol–water partition coefficient (Wildman–Crippen LogP) is 2.15. The second kappa shape index (κ2) is 8.77. The van der Waals surface area contributed by atoms with Crippen LogP contribution in [0.4, 0.5) is 0 Å². The van der Waals surface area contributed by atoms with Crippen LogP contribution in [0.5, 0.6) is 0 Å². The normalized spacial score (nSPS) is 12.5. The van der Waals surface area contributed by atoms with Gasteiger partial charge in [0.25, 0.3) is 0 Å². The maximum Gasteiger partial charge on any atom is 0.240 e. The zero-order valence-electron chi connectivity index (χ0n) is 13.9. The van der Waals surface area contributed by atoms with E-state index < -0.39 is 20.0 Å². The molecular formula is C15H26N2O4S2. The molecule has 0 radical (unpaired) electrons. The van der Waals surface area contributed by atoms with Gasteiger partial charge in [-0.05, 0) is 37.5 Å². The standard InChI is InChI=1S/C15H26N2O4S2/c1-4-6-10-16-22(18,19)14-9-8-13(3)15(12-14)23(20,21)17-11-7-5-2/h8-9,12,16-17H,4-7,10-11H2,1-3H3. The number of hydrogen-bond donors (Lipinski definition) is 2. The minimum absolute atomic E-state index is 0.00645. The highest BCUT2D eigenvalue weighted by molar-refractivity contribution is 7.90. The third-order valence-corrected chi connectivity index (χ3v) is 6.47. The van der Waals surface area contributed by atoms with E-state index in [1.807, 2.05) is 13.8 Å². The molecule has 1 aromatic carbocycles. The van der Waals surface area contributed by atoms with Gasteiger partial charge in [0.2, 0.25) is 20.0 Å². The average molecular weight is 363 g/mol. The van der Waals surface area contributed by atoms with Crippen LogP contribution in [-0.4, -0.2) is 29.9 Å². The second-order valence-electron chi connectivity index (χ2n) is 5.43. The average Bonchev–Trinajstić information content (AvgIpc) is 2.47. The van der Waals surface area contributed by atoms with Crippen LogP contribution in [0.25, 0.3) is 0 Å². The Bertz CT molecular complexity index is 713. The molecule has 0 aliphatic rings. The lowest BCUT2D eigenvalue weighted by Gasteiger charge is -2.12. The first kappa shape index (κ1) is 20.1. The van der Waals surface area contributed by atoms with E-state index in [0.717, 1.165) is 25.7 Å². The molecule has 0 spiro atoms. The van der Waals surface area contributed by atoms with Crippen molar-refractivity contribution >= 4 is 20.0 Å². The maximum atomic E-state index is 12.3. The highest BCUT2D eigenvalue weighted by Gasteiger charge is 2.21. The van der Waals surface area contributed by atoms with Crippen LogP contribution in [0.15, 0.2) is 28.0 Å². The van der Waals surface area contributed by atoms with Crippen molar-refractivity contribution in [1.29, 1.82) is 0 Å². The van der Waals surface area contributed by atoms with E-state index >= 15 is 0 Å². The molecule has 0 saturated carbocycles.